The number of halogens is 3. The minimum Gasteiger partial charge on any atom is -0.478 e. The van der Waals surface area contributed by atoms with E-state index in [9.17, 15) is 27.9 Å². The molecule has 178 valence electrons. The summed E-state index contributed by atoms with van der Waals surface area (Å²) in [6.45, 7) is 0. The topological polar surface area (TPSA) is 94.6 Å². The maximum atomic E-state index is 12.9. The molecule has 0 bridgehead atoms. The number of carboxylic acids is 1. The summed E-state index contributed by atoms with van der Waals surface area (Å²) in [6, 6.07) is 15.4. The fourth-order valence-corrected chi connectivity index (χ4v) is 4.50. The lowest BCUT2D eigenvalue weighted by molar-refractivity contribution is -0.137. The summed E-state index contributed by atoms with van der Waals surface area (Å²) in [6.07, 6.45) is -1.22. The molecule has 4 aromatic rings. The maximum absolute atomic E-state index is 12.9. The Labute approximate surface area is 197 Å². The first-order valence-electron chi connectivity index (χ1n) is 10.7. The number of aromatic nitrogens is 1. The second-order valence-electron chi connectivity index (χ2n) is 8.49. The Morgan fingerprint density at radius 3 is 2.17 bits per heavy atom. The van der Waals surface area contributed by atoms with Gasteiger partial charge in [0, 0.05) is 17.0 Å². The number of nitrogens with two attached hydrogens (primary N) is 1. The number of hydrogen-bond acceptors (Lipinski definition) is 3. The van der Waals surface area contributed by atoms with E-state index in [2.05, 4.69) is 0 Å². The number of benzene rings is 3. The average molecular weight is 480 g/mol. The van der Waals surface area contributed by atoms with Gasteiger partial charge in [-0.25, -0.2) is 9.59 Å². The van der Waals surface area contributed by atoms with Crippen LogP contribution in [0, 0.1) is 0 Å². The molecule has 1 fully saturated rings. The van der Waals surface area contributed by atoms with Crippen LogP contribution < -0.4 is 10.5 Å². The molecule has 1 aromatic heterocycles. The third-order valence-electron chi connectivity index (χ3n) is 6.39. The third-order valence-corrected chi connectivity index (χ3v) is 6.39. The van der Waals surface area contributed by atoms with E-state index in [0.29, 0.717) is 10.9 Å². The van der Waals surface area contributed by atoms with Crippen LogP contribution in [0.3, 0.4) is 0 Å². The highest BCUT2D eigenvalue weighted by Crippen LogP contribution is 2.56. The summed E-state index contributed by atoms with van der Waals surface area (Å²) >= 11 is 0. The highest BCUT2D eigenvalue weighted by atomic mass is 19.4. The number of carboxylic acid groups (broad SMARTS) is 1. The van der Waals surface area contributed by atoms with E-state index in [4.69, 9.17) is 10.5 Å². The maximum Gasteiger partial charge on any atom is 0.416 e. The Hall–Kier alpha value is -4.27. The molecule has 3 N–H and O–H groups in total. The molecule has 5 rings (SSSR count). The number of primary amides is 1. The van der Waals surface area contributed by atoms with E-state index in [1.807, 2.05) is 6.07 Å². The Balaban J connectivity index is 1.58. The first kappa shape index (κ1) is 22.5. The zero-order valence-electron chi connectivity index (χ0n) is 18.2. The minimum atomic E-state index is -4.46. The molecule has 0 atom stereocenters. The van der Waals surface area contributed by atoms with Gasteiger partial charge in [-0.3, -0.25) is 4.57 Å². The van der Waals surface area contributed by atoms with Gasteiger partial charge in [0.15, 0.2) is 5.75 Å². The second kappa shape index (κ2) is 7.90. The minimum absolute atomic E-state index is 0.176. The number of aromatic carboxylic acids is 1. The summed E-state index contributed by atoms with van der Waals surface area (Å²) in [5.41, 5.74) is 6.79. The van der Waals surface area contributed by atoms with Gasteiger partial charge < -0.3 is 15.6 Å². The standard InChI is InChI=1S/C26H19F3N2O4/c27-26(28,29)17-8-10-18(11-9-17)35-21-3-1-2-19-20(14-31(22(19)21)24(30)34)25(12-13-25)16-6-4-15(5-7-16)23(32)33/h1-11,14H,12-13H2,(H2,30,34)(H,32,33). The van der Waals surface area contributed by atoms with Crippen LogP contribution in [-0.2, 0) is 11.6 Å². The van der Waals surface area contributed by atoms with Crippen molar-refractivity contribution in [2.45, 2.75) is 24.4 Å². The van der Waals surface area contributed by atoms with Gasteiger partial charge in [0.2, 0.25) is 0 Å². The van der Waals surface area contributed by atoms with Gasteiger partial charge in [0.1, 0.15) is 11.3 Å². The van der Waals surface area contributed by atoms with E-state index >= 15 is 0 Å². The molecular weight excluding hydrogens is 461 g/mol. The fourth-order valence-electron chi connectivity index (χ4n) is 4.50. The number of carbonyl (C=O) groups excluding carboxylic acids is 1. The summed E-state index contributed by atoms with van der Waals surface area (Å²) in [7, 11) is 0. The molecule has 1 heterocycles. The Morgan fingerprint density at radius 2 is 1.63 bits per heavy atom. The van der Waals surface area contributed by atoms with Crippen molar-refractivity contribution < 1.29 is 32.6 Å². The molecular formula is C26H19F3N2O4. The zero-order chi connectivity index (χ0) is 25.0. The summed E-state index contributed by atoms with van der Waals surface area (Å²) < 4.78 is 45.8. The van der Waals surface area contributed by atoms with Gasteiger partial charge in [0.25, 0.3) is 0 Å². The Kier molecular flexibility index (Phi) is 5.08. The van der Waals surface area contributed by atoms with Crippen molar-refractivity contribution in [1.82, 2.24) is 4.57 Å². The van der Waals surface area contributed by atoms with Crippen molar-refractivity contribution in [1.29, 1.82) is 0 Å². The zero-order valence-corrected chi connectivity index (χ0v) is 18.2. The van der Waals surface area contributed by atoms with E-state index in [1.54, 1.807) is 42.6 Å². The van der Waals surface area contributed by atoms with Crippen molar-refractivity contribution in [3.8, 4) is 11.5 Å². The summed E-state index contributed by atoms with van der Waals surface area (Å²) in [4.78, 5) is 23.6. The number of carbonyl (C=O) groups is 2. The van der Waals surface area contributed by atoms with E-state index in [0.717, 1.165) is 36.1 Å². The number of amides is 1. The van der Waals surface area contributed by atoms with Crippen LogP contribution in [0.15, 0.2) is 72.9 Å². The number of rotatable bonds is 5. The van der Waals surface area contributed by atoms with Crippen LogP contribution >= 0.6 is 0 Å². The van der Waals surface area contributed by atoms with Crippen LogP contribution in [0.1, 0.15) is 39.9 Å². The molecule has 1 aliphatic rings. The number of ether oxygens (including phenoxy) is 1. The van der Waals surface area contributed by atoms with Gasteiger partial charge in [-0.15, -0.1) is 0 Å². The highest BCUT2D eigenvalue weighted by molar-refractivity contribution is 5.98. The van der Waals surface area contributed by atoms with Gasteiger partial charge in [-0.2, -0.15) is 13.2 Å². The average Bonchev–Trinajstić information content (AvgIpc) is 3.52. The van der Waals surface area contributed by atoms with Crippen LogP contribution in [0.5, 0.6) is 11.5 Å². The van der Waals surface area contributed by atoms with Gasteiger partial charge in [0.05, 0.1) is 11.1 Å². The van der Waals surface area contributed by atoms with Crippen molar-refractivity contribution in [3.63, 3.8) is 0 Å². The fraction of sp³-hybridized carbons (Fsp3) is 0.154. The molecule has 6 nitrogen and oxygen atoms in total. The SMILES string of the molecule is NC(=O)n1cc(C2(c3ccc(C(=O)O)cc3)CC2)c2cccc(Oc3ccc(C(F)(F)F)cc3)c21. The monoisotopic (exact) mass is 480 g/mol. The summed E-state index contributed by atoms with van der Waals surface area (Å²) in [5, 5.41) is 9.91. The van der Waals surface area contributed by atoms with Crippen LogP contribution in [0.2, 0.25) is 0 Å². The van der Waals surface area contributed by atoms with Gasteiger partial charge >= 0.3 is 18.2 Å². The first-order valence-corrected chi connectivity index (χ1v) is 10.7. The number of hydrogen-bond donors (Lipinski definition) is 2. The second-order valence-corrected chi connectivity index (χ2v) is 8.49. The first-order chi connectivity index (χ1) is 16.6. The Morgan fingerprint density at radius 1 is 0.971 bits per heavy atom. The lowest BCUT2D eigenvalue weighted by Crippen LogP contribution is -2.18. The molecule has 1 amide bonds. The van der Waals surface area contributed by atoms with E-state index in [-0.39, 0.29) is 17.1 Å². The molecule has 0 radical (unpaired) electrons. The number of alkyl halides is 3. The molecule has 1 saturated carbocycles. The summed E-state index contributed by atoms with van der Waals surface area (Å²) in [5.74, 6) is -0.573. The molecule has 9 heteroatoms. The van der Waals surface area contributed by atoms with E-state index < -0.39 is 29.2 Å². The molecule has 0 unspecified atom stereocenters. The lowest BCUT2D eigenvalue weighted by Gasteiger charge is -2.16. The number of para-hydroxylation sites is 1. The van der Waals surface area contributed by atoms with Gasteiger partial charge in [-0.1, -0.05) is 24.3 Å². The molecule has 3 aromatic carbocycles. The van der Waals surface area contributed by atoms with Crippen LogP contribution in [0.4, 0.5) is 18.0 Å². The van der Waals surface area contributed by atoms with Crippen molar-refractivity contribution >= 4 is 22.9 Å². The lowest BCUT2D eigenvalue weighted by atomic mass is 9.87. The molecule has 0 spiro atoms. The van der Waals surface area contributed by atoms with Crippen molar-refractivity contribution in [2.24, 2.45) is 5.73 Å². The Bertz CT molecular complexity index is 1450. The smallest absolute Gasteiger partial charge is 0.416 e. The largest absolute Gasteiger partial charge is 0.478 e. The molecule has 35 heavy (non-hydrogen) atoms. The predicted molar refractivity (Wildman–Crippen MR) is 122 cm³/mol. The van der Waals surface area contributed by atoms with Crippen molar-refractivity contribution in [3.05, 3.63) is 95.2 Å². The predicted octanol–water partition coefficient (Wildman–Crippen LogP) is 6.16. The van der Waals surface area contributed by atoms with E-state index in [1.165, 1.54) is 16.7 Å². The molecule has 0 aliphatic heterocycles. The number of fused-ring (bicyclic) bond motifs is 1. The normalized spacial score (nSPS) is 14.6. The third kappa shape index (κ3) is 3.88. The van der Waals surface area contributed by atoms with Gasteiger partial charge in [-0.05, 0) is 66.4 Å². The van der Waals surface area contributed by atoms with Crippen LogP contribution in [0.25, 0.3) is 10.9 Å². The van der Waals surface area contributed by atoms with Crippen molar-refractivity contribution in [2.75, 3.05) is 0 Å². The number of nitrogens with zero attached hydrogens (tertiary/aromatic N) is 1. The highest BCUT2D eigenvalue weighted by Gasteiger charge is 2.48. The quantitative estimate of drug-likeness (QED) is 0.358. The molecule has 0 saturated heterocycles. The van der Waals surface area contributed by atoms with Crippen LogP contribution in [-0.4, -0.2) is 21.7 Å². The molecule has 1 aliphatic carbocycles.